The molecule has 0 saturated heterocycles. The number of aryl methyl sites for hydroxylation is 1. The predicted octanol–water partition coefficient (Wildman–Crippen LogP) is 4.14. The maximum Gasteiger partial charge on any atom is 0.302 e. The van der Waals surface area contributed by atoms with Crippen LogP contribution in [0, 0.1) is 6.92 Å². The van der Waals surface area contributed by atoms with Gasteiger partial charge in [-0.15, -0.1) is 0 Å². The molecule has 0 spiro atoms. The minimum Gasteiger partial charge on any atom is -0.497 e. The highest BCUT2D eigenvalue weighted by atomic mass is 32.2. The molecule has 1 aliphatic heterocycles. The third-order valence-corrected chi connectivity index (χ3v) is 10.7. The quantitative estimate of drug-likeness (QED) is 0.0677. The SMILES string of the molecule is CC[C@@](O)(C(=O)NCCN=C(Cc1ccc(OC)cc1)NS(=O)(=O)c1ccc(C)cc1)c1cc2n(c(=O)c1COC(C)=O)Cc1cc3ccccc3nc1-2. The van der Waals surface area contributed by atoms with E-state index in [9.17, 15) is 27.9 Å². The minimum absolute atomic E-state index is 0.00244. The highest BCUT2D eigenvalue weighted by molar-refractivity contribution is 7.90. The van der Waals surface area contributed by atoms with Gasteiger partial charge in [0.05, 0.1) is 47.6 Å². The zero-order chi connectivity index (χ0) is 38.6. The summed E-state index contributed by atoms with van der Waals surface area (Å²) in [5.74, 6) is -0.669. The predicted molar refractivity (Wildman–Crippen MR) is 204 cm³/mol. The molecule has 14 heteroatoms. The number of esters is 1. The van der Waals surface area contributed by atoms with Crippen molar-refractivity contribution in [1.82, 2.24) is 19.6 Å². The van der Waals surface area contributed by atoms with Gasteiger partial charge in [0.25, 0.3) is 21.5 Å². The van der Waals surface area contributed by atoms with Gasteiger partial charge in [0, 0.05) is 36.4 Å². The van der Waals surface area contributed by atoms with Crippen LogP contribution in [-0.2, 0) is 49.5 Å². The van der Waals surface area contributed by atoms with E-state index in [1.807, 2.05) is 37.3 Å². The number of nitrogens with one attached hydrogen (secondary N) is 2. The molecule has 0 aliphatic carbocycles. The smallest absolute Gasteiger partial charge is 0.302 e. The molecular weight excluding hydrogens is 711 g/mol. The minimum atomic E-state index is -3.99. The van der Waals surface area contributed by atoms with Gasteiger partial charge in [0.1, 0.15) is 18.2 Å². The van der Waals surface area contributed by atoms with E-state index < -0.39 is 39.7 Å². The number of carbonyl (C=O) groups excluding carboxylic acids is 2. The van der Waals surface area contributed by atoms with E-state index in [1.54, 1.807) is 56.5 Å². The number of amides is 1. The van der Waals surface area contributed by atoms with Crippen molar-refractivity contribution in [3.05, 3.63) is 123 Å². The van der Waals surface area contributed by atoms with Gasteiger partial charge in [-0.05, 0) is 61.4 Å². The Labute approximate surface area is 312 Å². The summed E-state index contributed by atoms with van der Waals surface area (Å²) in [5.41, 5.74) is 1.40. The van der Waals surface area contributed by atoms with E-state index >= 15 is 0 Å². The standard InChI is InChI=1S/C40H41N5O8S/c1-5-40(49,33-22-35-37-29(21-28-8-6-7-9-34(28)43-37)23-45(35)38(47)32(33)24-53-26(3)46)39(48)42-19-18-41-36(20-27-12-14-30(52-4)15-13-27)44-54(50,51)31-16-10-25(2)11-17-31/h6-17,21-22,49H,5,18-20,23-24H2,1-4H3,(H,41,44)(H,42,48)/t40-/m0/s1. The fraction of sp³-hybridized carbons (Fsp3) is 0.275. The molecule has 0 fully saturated rings. The molecule has 280 valence electrons. The van der Waals surface area contributed by atoms with Crippen LogP contribution in [0.2, 0.25) is 0 Å². The first kappa shape index (κ1) is 37.9. The summed E-state index contributed by atoms with van der Waals surface area (Å²) in [5, 5.41) is 15.7. The van der Waals surface area contributed by atoms with Gasteiger partial charge in [-0.3, -0.25) is 24.1 Å². The van der Waals surface area contributed by atoms with Crippen molar-refractivity contribution in [3.8, 4) is 17.1 Å². The molecule has 3 aromatic carbocycles. The normalized spacial score (nSPS) is 13.5. The first-order valence-corrected chi connectivity index (χ1v) is 18.9. The number of amidine groups is 1. The first-order valence-electron chi connectivity index (χ1n) is 17.4. The monoisotopic (exact) mass is 751 g/mol. The Kier molecular flexibility index (Phi) is 11.0. The number of nitrogens with zero attached hydrogens (tertiary/aromatic N) is 3. The molecule has 0 unspecified atom stereocenters. The van der Waals surface area contributed by atoms with Crippen LogP contribution < -0.4 is 20.3 Å². The molecule has 0 radical (unpaired) electrons. The molecule has 6 rings (SSSR count). The van der Waals surface area contributed by atoms with Crippen LogP contribution in [0.4, 0.5) is 0 Å². The van der Waals surface area contributed by atoms with Crippen LogP contribution in [0.3, 0.4) is 0 Å². The summed E-state index contributed by atoms with van der Waals surface area (Å²) in [6, 6.07) is 24.6. The molecule has 54 heavy (non-hydrogen) atoms. The number of methoxy groups -OCH3 is 1. The van der Waals surface area contributed by atoms with Crippen molar-refractivity contribution in [2.24, 2.45) is 4.99 Å². The lowest BCUT2D eigenvalue weighted by atomic mass is 9.86. The fourth-order valence-electron chi connectivity index (χ4n) is 6.37. The average Bonchev–Trinajstić information content (AvgIpc) is 3.52. The van der Waals surface area contributed by atoms with E-state index in [4.69, 9.17) is 14.5 Å². The third-order valence-electron chi connectivity index (χ3n) is 9.34. The van der Waals surface area contributed by atoms with Gasteiger partial charge >= 0.3 is 5.97 Å². The Morgan fingerprint density at radius 2 is 1.76 bits per heavy atom. The van der Waals surface area contributed by atoms with E-state index in [2.05, 4.69) is 15.0 Å². The van der Waals surface area contributed by atoms with Crippen LogP contribution >= 0.6 is 0 Å². The largest absolute Gasteiger partial charge is 0.497 e. The first-order chi connectivity index (χ1) is 25.8. The van der Waals surface area contributed by atoms with Crippen LogP contribution in [0.25, 0.3) is 22.3 Å². The molecule has 3 N–H and O–H groups in total. The van der Waals surface area contributed by atoms with Crippen molar-refractivity contribution in [2.75, 3.05) is 20.2 Å². The molecule has 1 atom stereocenters. The number of hydrogen-bond acceptors (Lipinski definition) is 10. The zero-order valence-electron chi connectivity index (χ0n) is 30.4. The number of sulfonamides is 1. The summed E-state index contributed by atoms with van der Waals surface area (Å²) < 4.78 is 41.2. The maximum absolute atomic E-state index is 14.0. The van der Waals surface area contributed by atoms with Crippen LogP contribution in [0.1, 0.15) is 48.1 Å². The Morgan fingerprint density at radius 1 is 1.04 bits per heavy atom. The average molecular weight is 752 g/mol. The lowest BCUT2D eigenvalue weighted by molar-refractivity contribution is -0.142. The second-order valence-corrected chi connectivity index (χ2v) is 14.7. The van der Waals surface area contributed by atoms with E-state index in [0.29, 0.717) is 17.1 Å². The molecular formula is C40H41N5O8S. The van der Waals surface area contributed by atoms with Gasteiger partial charge in [0.2, 0.25) is 0 Å². The van der Waals surface area contributed by atoms with E-state index in [-0.39, 0.29) is 54.3 Å². The van der Waals surface area contributed by atoms with E-state index in [0.717, 1.165) is 27.6 Å². The fourth-order valence-corrected chi connectivity index (χ4v) is 7.43. The summed E-state index contributed by atoms with van der Waals surface area (Å²) in [4.78, 5) is 49.1. The lowest BCUT2D eigenvalue weighted by Crippen LogP contribution is -2.47. The highest BCUT2D eigenvalue weighted by Crippen LogP contribution is 2.36. The Morgan fingerprint density at radius 3 is 2.44 bits per heavy atom. The Hall–Kier alpha value is -5.86. The van der Waals surface area contributed by atoms with Crippen LogP contribution in [0.5, 0.6) is 5.75 Å². The third kappa shape index (κ3) is 7.89. The number of carbonyl (C=O) groups is 2. The van der Waals surface area contributed by atoms with Crippen LogP contribution in [0.15, 0.2) is 99.6 Å². The summed E-state index contributed by atoms with van der Waals surface area (Å²) in [7, 11) is -2.44. The molecule has 0 saturated carbocycles. The number of pyridine rings is 2. The number of hydrogen-bond donors (Lipinski definition) is 3. The molecule has 0 bridgehead atoms. The van der Waals surface area contributed by atoms with Gasteiger partial charge < -0.3 is 24.5 Å². The van der Waals surface area contributed by atoms with Crippen LogP contribution in [-0.4, -0.2) is 61.0 Å². The van der Waals surface area contributed by atoms with Gasteiger partial charge in [-0.2, -0.15) is 0 Å². The second kappa shape index (κ2) is 15.6. The molecule has 13 nitrogen and oxygen atoms in total. The van der Waals surface area contributed by atoms with E-state index in [1.165, 1.54) is 23.6 Å². The Bertz CT molecular complexity index is 2430. The lowest BCUT2D eigenvalue weighted by Gasteiger charge is -2.28. The summed E-state index contributed by atoms with van der Waals surface area (Å²) in [6.07, 6.45) is 0.000440. The number of aliphatic imine (C=N–C) groups is 1. The van der Waals surface area contributed by atoms with Gasteiger partial charge in [-0.25, -0.2) is 13.4 Å². The van der Waals surface area contributed by atoms with Gasteiger partial charge in [0.15, 0.2) is 5.60 Å². The number of aliphatic hydroxyl groups is 1. The van der Waals surface area contributed by atoms with Crippen molar-refractivity contribution < 1.29 is 32.6 Å². The summed E-state index contributed by atoms with van der Waals surface area (Å²) >= 11 is 0. The highest BCUT2D eigenvalue weighted by Gasteiger charge is 2.41. The topological polar surface area (TPSA) is 178 Å². The summed E-state index contributed by atoms with van der Waals surface area (Å²) in [6.45, 7) is 4.30. The second-order valence-electron chi connectivity index (χ2n) is 13.0. The molecule has 2 aromatic heterocycles. The maximum atomic E-state index is 14.0. The Balaban J connectivity index is 1.28. The molecule has 1 amide bonds. The number of rotatable bonds is 13. The number of aromatic nitrogens is 2. The number of fused-ring (bicyclic) bond motifs is 4. The molecule has 1 aliphatic rings. The number of benzene rings is 3. The number of para-hydroxylation sites is 1. The van der Waals surface area contributed by atoms with Crippen molar-refractivity contribution in [1.29, 1.82) is 0 Å². The zero-order valence-corrected chi connectivity index (χ0v) is 31.2. The molecule has 3 heterocycles. The number of ether oxygens (including phenoxy) is 2. The molecule has 5 aromatic rings. The van der Waals surface area contributed by atoms with Gasteiger partial charge in [-0.1, -0.05) is 55.0 Å². The van der Waals surface area contributed by atoms with Crippen molar-refractivity contribution in [2.45, 2.75) is 57.3 Å². The van der Waals surface area contributed by atoms with Crippen molar-refractivity contribution >= 4 is 38.6 Å². The van der Waals surface area contributed by atoms with Crippen molar-refractivity contribution in [3.63, 3.8) is 0 Å².